The summed E-state index contributed by atoms with van der Waals surface area (Å²) >= 11 is 0. The predicted octanol–water partition coefficient (Wildman–Crippen LogP) is 2.70. The largest absolute Gasteiger partial charge is 0.356 e. The highest BCUT2D eigenvalue weighted by molar-refractivity contribution is 5.73. The van der Waals surface area contributed by atoms with Gasteiger partial charge in [0.05, 0.1) is 5.69 Å². The molecule has 1 aromatic carbocycles. The molecule has 1 saturated heterocycles. The minimum absolute atomic E-state index is 0.0131. The summed E-state index contributed by atoms with van der Waals surface area (Å²) < 4.78 is 13.8. The van der Waals surface area contributed by atoms with E-state index < -0.39 is 0 Å². The van der Waals surface area contributed by atoms with E-state index in [1.54, 1.807) is 19.9 Å². The SMILES string of the molecule is CC(=O)NC1CCN(c2cc(-c3ccc(C)c(F)c3)ncn2)CC1. The van der Waals surface area contributed by atoms with E-state index in [1.165, 1.54) is 12.4 Å². The van der Waals surface area contributed by atoms with Crippen molar-refractivity contribution in [3.63, 3.8) is 0 Å². The maximum Gasteiger partial charge on any atom is 0.217 e. The highest BCUT2D eigenvalue weighted by Gasteiger charge is 2.21. The molecule has 0 aliphatic carbocycles. The number of halogens is 1. The van der Waals surface area contributed by atoms with Gasteiger partial charge in [-0.3, -0.25) is 4.79 Å². The number of rotatable bonds is 3. The van der Waals surface area contributed by atoms with E-state index in [4.69, 9.17) is 0 Å². The van der Waals surface area contributed by atoms with Crippen LogP contribution in [0.25, 0.3) is 11.3 Å². The number of nitrogens with zero attached hydrogens (tertiary/aromatic N) is 3. The van der Waals surface area contributed by atoms with Crippen LogP contribution in [-0.4, -0.2) is 35.0 Å². The van der Waals surface area contributed by atoms with Crippen LogP contribution in [0.5, 0.6) is 0 Å². The maximum absolute atomic E-state index is 13.8. The number of hydrogen-bond acceptors (Lipinski definition) is 4. The molecule has 126 valence electrons. The zero-order valence-electron chi connectivity index (χ0n) is 13.9. The van der Waals surface area contributed by atoms with E-state index in [1.807, 2.05) is 12.1 Å². The molecule has 1 aliphatic heterocycles. The first-order valence-corrected chi connectivity index (χ1v) is 8.13. The minimum Gasteiger partial charge on any atom is -0.356 e. The first kappa shape index (κ1) is 16.4. The Morgan fingerprint density at radius 1 is 1.25 bits per heavy atom. The fourth-order valence-electron chi connectivity index (χ4n) is 2.97. The molecule has 2 heterocycles. The van der Waals surface area contributed by atoms with E-state index in [-0.39, 0.29) is 17.8 Å². The molecule has 5 nitrogen and oxygen atoms in total. The second-order valence-corrected chi connectivity index (χ2v) is 6.19. The molecule has 0 unspecified atom stereocenters. The first-order chi connectivity index (χ1) is 11.5. The van der Waals surface area contributed by atoms with Crippen LogP contribution in [0.4, 0.5) is 10.2 Å². The molecule has 2 aromatic rings. The summed E-state index contributed by atoms with van der Waals surface area (Å²) in [5.74, 6) is 0.616. The lowest BCUT2D eigenvalue weighted by atomic mass is 10.0. The standard InChI is InChI=1S/C18H21FN4O/c1-12-3-4-14(9-16(12)19)17-10-18(21-11-20-17)23-7-5-15(6-8-23)22-13(2)24/h3-4,9-11,15H,5-8H2,1-2H3,(H,22,24). The Bertz CT molecular complexity index is 742. The summed E-state index contributed by atoms with van der Waals surface area (Å²) in [6, 6.07) is 7.25. The molecule has 1 fully saturated rings. The van der Waals surface area contributed by atoms with Gasteiger partial charge in [0.25, 0.3) is 0 Å². The normalized spacial score (nSPS) is 15.4. The van der Waals surface area contributed by atoms with Crippen LogP contribution in [0.1, 0.15) is 25.3 Å². The molecule has 24 heavy (non-hydrogen) atoms. The second kappa shape index (κ2) is 6.95. The Hall–Kier alpha value is -2.50. The first-order valence-electron chi connectivity index (χ1n) is 8.13. The molecular formula is C18H21FN4O. The van der Waals surface area contributed by atoms with Gasteiger partial charge in [0, 0.05) is 37.7 Å². The summed E-state index contributed by atoms with van der Waals surface area (Å²) in [5, 5.41) is 2.96. The van der Waals surface area contributed by atoms with Gasteiger partial charge in [0.2, 0.25) is 5.91 Å². The number of nitrogens with one attached hydrogen (secondary N) is 1. The van der Waals surface area contributed by atoms with Crippen molar-refractivity contribution in [2.75, 3.05) is 18.0 Å². The molecule has 1 aliphatic rings. The lowest BCUT2D eigenvalue weighted by Gasteiger charge is -2.33. The van der Waals surface area contributed by atoms with E-state index in [0.29, 0.717) is 11.3 Å². The number of aromatic nitrogens is 2. The van der Waals surface area contributed by atoms with Gasteiger partial charge in [0.15, 0.2) is 0 Å². The number of anilines is 1. The van der Waals surface area contributed by atoms with Crippen molar-refractivity contribution in [3.8, 4) is 11.3 Å². The van der Waals surface area contributed by atoms with Crippen molar-refractivity contribution >= 4 is 11.7 Å². The summed E-state index contributed by atoms with van der Waals surface area (Å²) in [7, 11) is 0. The van der Waals surface area contributed by atoms with Crippen molar-refractivity contribution in [2.24, 2.45) is 0 Å². The van der Waals surface area contributed by atoms with Gasteiger partial charge in [-0.1, -0.05) is 12.1 Å². The monoisotopic (exact) mass is 328 g/mol. The van der Waals surface area contributed by atoms with Crippen LogP contribution >= 0.6 is 0 Å². The third-order valence-corrected chi connectivity index (χ3v) is 4.35. The Kier molecular flexibility index (Phi) is 4.74. The van der Waals surface area contributed by atoms with Crippen molar-refractivity contribution in [2.45, 2.75) is 32.7 Å². The van der Waals surface area contributed by atoms with Gasteiger partial charge >= 0.3 is 0 Å². The van der Waals surface area contributed by atoms with Gasteiger partial charge in [-0.2, -0.15) is 0 Å². The van der Waals surface area contributed by atoms with E-state index >= 15 is 0 Å². The molecule has 6 heteroatoms. The van der Waals surface area contributed by atoms with Crippen LogP contribution in [0.2, 0.25) is 0 Å². The topological polar surface area (TPSA) is 58.1 Å². The third-order valence-electron chi connectivity index (χ3n) is 4.35. The average molecular weight is 328 g/mol. The second-order valence-electron chi connectivity index (χ2n) is 6.19. The van der Waals surface area contributed by atoms with Crippen LogP contribution in [0.3, 0.4) is 0 Å². The van der Waals surface area contributed by atoms with Gasteiger partial charge in [0.1, 0.15) is 18.0 Å². The van der Waals surface area contributed by atoms with Crippen LogP contribution in [0.15, 0.2) is 30.6 Å². The molecule has 0 radical (unpaired) electrons. The summed E-state index contributed by atoms with van der Waals surface area (Å²) in [6.07, 6.45) is 3.29. The van der Waals surface area contributed by atoms with Crippen LogP contribution < -0.4 is 10.2 Å². The average Bonchev–Trinajstić information content (AvgIpc) is 2.58. The quantitative estimate of drug-likeness (QED) is 0.941. The van der Waals surface area contributed by atoms with Gasteiger partial charge < -0.3 is 10.2 Å². The van der Waals surface area contributed by atoms with Gasteiger partial charge in [-0.15, -0.1) is 0 Å². The van der Waals surface area contributed by atoms with E-state index in [0.717, 1.165) is 37.3 Å². The van der Waals surface area contributed by atoms with Crippen molar-refractivity contribution < 1.29 is 9.18 Å². The Labute approximate surface area is 140 Å². The third kappa shape index (κ3) is 3.69. The zero-order chi connectivity index (χ0) is 17.1. The zero-order valence-corrected chi connectivity index (χ0v) is 13.9. The highest BCUT2D eigenvalue weighted by Crippen LogP contribution is 2.24. The van der Waals surface area contributed by atoms with E-state index in [9.17, 15) is 9.18 Å². The summed E-state index contributed by atoms with van der Waals surface area (Å²) in [4.78, 5) is 21.9. The smallest absolute Gasteiger partial charge is 0.217 e. The fourth-order valence-corrected chi connectivity index (χ4v) is 2.97. The minimum atomic E-state index is -0.233. The highest BCUT2D eigenvalue weighted by atomic mass is 19.1. The lowest BCUT2D eigenvalue weighted by molar-refractivity contribution is -0.119. The van der Waals surface area contributed by atoms with Gasteiger partial charge in [-0.25, -0.2) is 14.4 Å². The molecule has 0 spiro atoms. The Morgan fingerprint density at radius 2 is 2.00 bits per heavy atom. The summed E-state index contributed by atoms with van der Waals surface area (Å²) in [6.45, 7) is 4.93. The van der Waals surface area contributed by atoms with Crippen molar-refractivity contribution in [1.29, 1.82) is 0 Å². The summed E-state index contributed by atoms with van der Waals surface area (Å²) in [5.41, 5.74) is 2.07. The molecule has 0 atom stereocenters. The number of hydrogen-bond donors (Lipinski definition) is 1. The molecule has 0 bridgehead atoms. The van der Waals surface area contributed by atoms with Crippen LogP contribution in [0, 0.1) is 12.7 Å². The molecule has 1 N–H and O–H groups in total. The fraction of sp³-hybridized carbons (Fsp3) is 0.389. The van der Waals surface area contributed by atoms with Crippen LogP contribution in [-0.2, 0) is 4.79 Å². The number of amides is 1. The Balaban J connectivity index is 1.74. The van der Waals surface area contributed by atoms with E-state index in [2.05, 4.69) is 20.2 Å². The molecular weight excluding hydrogens is 307 g/mol. The molecule has 3 rings (SSSR count). The molecule has 1 amide bonds. The van der Waals surface area contributed by atoms with Crippen molar-refractivity contribution in [1.82, 2.24) is 15.3 Å². The number of benzene rings is 1. The molecule has 0 saturated carbocycles. The number of piperidine rings is 1. The number of aryl methyl sites for hydroxylation is 1. The van der Waals surface area contributed by atoms with Gasteiger partial charge in [-0.05, 0) is 31.4 Å². The number of carbonyl (C=O) groups is 1. The lowest BCUT2D eigenvalue weighted by Crippen LogP contribution is -2.44. The maximum atomic E-state index is 13.8. The molecule has 1 aromatic heterocycles. The Morgan fingerprint density at radius 3 is 2.67 bits per heavy atom. The van der Waals surface area contributed by atoms with Crippen molar-refractivity contribution in [3.05, 3.63) is 42.0 Å². The predicted molar refractivity (Wildman–Crippen MR) is 91.2 cm³/mol. The number of carbonyl (C=O) groups excluding carboxylic acids is 1.